The highest BCUT2D eigenvalue weighted by Gasteiger charge is 2.38. The van der Waals surface area contributed by atoms with Crippen LogP contribution in [0.1, 0.15) is 49.4 Å². The van der Waals surface area contributed by atoms with Crippen LogP contribution in [0.3, 0.4) is 0 Å². The molecular weight excluding hydrogens is 420 g/mol. The van der Waals surface area contributed by atoms with Crippen LogP contribution in [0, 0.1) is 0 Å². The molecule has 1 aromatic carbocycles. The van der Waals surface area contributed by atoms with Crippen molar-refractivity contribution in [3.05, 3.63) is 59.6 Å². The quantitative estimate of drug-likeness (QED) is 0.278. The second-order valence-electron chi connectivity index (χ2n) is 9.56. The first-order valence-corrected chi connectivity index (χ1v) is 13.8. The summed E-state index contributed by atoms with van der Waals surface area (Å²) in [6.45, 7) is 13.2. The molecule has 0 spiro atoms. The van der Waals surface area contributed by atoms with E-state index in [2.05, 4.69) is 62.5 Å². The SMILES string of the molecule is CCOC(=O)c1oc2cnccc2c1-c1ccc2c(c1)CC=C2NO[Si](C)(C)C(C)(C)C. The number of hydroxylamine groups is 1. The van der Waals surface area contributed by atoms with E-state index >= 15 is 0 Å². The minimum atomic E-state index is -1.93. The summed E-state index contributed by atoms with van der Waals surface area (Å²) in [5.74, 6) is -0.261. The van der Waals surface area contributed by atoms with E-state index in [0.29, 0.717) is 5.58 Å². The van der Waals surface area contributed by atoms with Crippen LogP contribution in [-0.4, -0.2) is 25.9 Å². The van der Waals surface area contributed by atoms with Gasteiger partial charge in [0.05, 0.1) is 18.5 Å². The number of aromatic nitrogens is 1. The molecule has 0 unspecified atom stereocenters. The molecule has 2 heterocycles. The van der Waals surface area contributed by atoms with Crippen LogP contribution < -0.4 is 5.48 Å². The average molecular weight is 451 g/mol. The van der Waals surface area contributed by atoms with Gasteiger partial charge in [-0.05, 0) is 48.7 Å². The lowest BCUT2D eigenvalue weighted by Gasteiger charge is -2.35. The molecule has 1 aliphatic rings. The first kappa shape index (κ1) is 22.3. The molecule has 1 aliphatic carbocycles. The van der Waals surface area contributed by atoms with Crippen LogP contribution in [0.4, 0.5) is 0 Å². The van der Waals surface area contributed by atoms with E-state index in [4.69, 9.17) is 13.7 Å². The van der Waals surface area contributed by atoms with E-state index in [1.807, 2.05) is 12.1 Å². The monoisotopic (exact) mass is 450 g/mol. The second-order valence-corrected chi connectivity index (χ2v) is 14.3. The maximum absolute atomic E-state index is 12.6. The highest BCUT2D eigenvalue weighted by Crippen LogP contribution is 2.39. The van der Waals surface area contributed by atoms with Gasteiger partial charge in [0.25, 0.3) is 0 Å². The molecule has 168 valence electrons. The Hall–Kier alpha value is -2.90. The van der Waals surface area contributed by atoms with E-state index in [0.717, 1.165) is 34.2 Å². The molecule has 0 saturated carbocycles. The molecule has 0 aliphatic heterocycles. The fourth-order valence-electron chi connectivity index (χ4n) is 3.51. The van der Waals surface area contributed by atoms with Crippen molar-refractivity contribution < 1.29 is 18.5 Å². The third-order valence-electron chi connectivity index (χ3n) is 6.39. The number of allylic oxidation sites excluding steroid dienone is 1. The van der Waals surface area contributed by atoms with Crippen LogP contribution in [0.5, 0.6) is 0 Å². The molecule has 6 nitrogen and oxygen atoms in total. The average Bonchev–Trinajstić information content (AvgIpc) is 3.32. The molecule has 1 N–H and O–H groups in total. The summed E-state index contributed by atoms with van der Waals surface area (Å²) in [4.78, 5) is 16.7. The lowest BCUT2D eigenvalue weighted by molar-refractivity contribution is 0.0494. The molecule has 0 radical (unpaired) electrons. The van der Waals surface area contributed by atoms with Crippen molar-refractivity contribution in [1.29, 1.82) is 0 Å². The van der Waals surface area contributed by atoms with Gasteiger partial charge in [0, 0.05) is 22.7 Å². The second kappa shape index (κ2) is 8.22. The molecule has 0 saturated heterocycles. The number of hydrogen-bond donors (Lipinski definition) is 1. The molecule has 2 aromatic heterocycles. The maximum atomic E-state index is 12.6. The Kier molecular flexibility index (Phi) is 5.73. The predicted octanol–water partition coefficient (Wildman–Crippen LogP) is 6.09. The van der Waals surface area contributed by atoms with Crippen molar-refractivity contribution in [2.75, 3.05) is 6.61 Å². The minimum absolute atomic E-state index is 0.118. The molecule has 32 heavy (non-hydrogen) atoms. The fourth-order valence-corrected chi connectivity index (χ4v) is 4.18. The van der Waals surface area contributed by atoms with Crippen molar-refractivity contribution in [3.8, 4) is 11.1 Å². The molecule has 3 aromatic rings. The van der Waals surface area contributed by atoms with Gasteiger partial charge in [0.2, 0.25) is 14.1 Å². The van der Waals surface area contributed by atoms with Crippen molar-refractivity contribution in [2.24, 2.45) is 0 Å². The number of ether oxygens (including phenoxy) is 1. The lowest BCUT2D eigenvalue weighted by atomic mass is 9.97. The maximum Gasteiger partial charge on any atom is 0.374 e. The van der Waals surface area contributed by atoms with Crippen LogP contribution in [-0.2, 0) is 15.7 Å². The van der Waals surface area contributed by atoms with Crippen LogP contribution in [0.15, 0.2) is 47.2 Å². The van der Waals surface area contributed by atoms with E-state index in [-0.39, 0.29) is 17.4 Å². The number of carbonyl (C=O) groups is 1. The number of nitrogens with zero attached hydrogens (tertiary/aromatic N) is 1. The van der Waals surface area contributed by atoms with Gasteiger partial charge in [-0.1, -0.05) is 45.0 Å². The van der Waals surface area contributed by atoms with E-state index in [9.17, 15) is 4.79 Å². The van der Waals surface area contributed by atoms with Gasteiger partial charge < -0.3 is 13.7 Å². The minimum Gasteiger partial charge on any atom is -0.460 e. The van der Waals surface area contributed by atoms with Crippen molar-refractivity contribution in [1.82, 2.24) is 10.5 Å². The Bertz CT molecular complexity index is 1200. The number of benzene rings is 1. The van der Waals surface area contributed by atoms with Gasteiger partial charge in [-0.15, -0.1) is 0 Å². The zero-order valence-electron chi connectivity index (χ0n) is 19.5. The Morgan fingerprint density at radius 1 is 1.25 bits per heavy atom. The van der Waals surface area contributed by atoms with Gasteiger partial charge in [0.1, 0.15) is 0 Å². The number of esters is 1. The smallest absolute Gasteiger partial charge is 0.374 e. The number of fused-ring (bicyclic) bond motifs is 2. The normalized spacial score (nSPS) is 13.8. The van der Waals surface area contributed by atoms with Crippen molar-refractivity contribution in [2.45, 2.75) is 52.2 Å². The standard InChI is InChI=1S/C25H30N2O4Si/c1-7-29-24(28)23-22(19-12-13-26-15-21(19)30-23)17-8-10-18-16(14-17)9-11-20(18)27-31-32(5,6)25(2,3)4/h8,10-15,27H,7,9H2,1-6H3. The summed E-state index contributed by atoms with van der Waals surface area (Å²) in [7, 11) is -1.93. The summed E-state index contributed by atoms with van der Waals surface area (Å²) >= 11 is 0. The summed E-state index contributed by atoms with van der Waals surface area (Å²) in [5.41, 5.74) is 8.72. The number of carbonyl (C=O) groups excluding carboxylic acids is 1. The Labute approximate surface area is 189 Å². The van der Waals surface area contributed by atoms with Gasteiger partial charge in [0.15, 0.2) is 5.58 Å². The van der Waals surface area contributed by atoms with Crippen LogP contribution in [0.2, 0.25) is 18.1 Å². The number of nitrogens with one attached hydrogen (secondary N) is 1. The molecule has 0 fully saturated rings. The fraction of sp³-hybridized carbons (Fsp3) is 0.360. The van der Waals surface area contributed by atoms with Gasteiger partial charge in [-0.2, -0.15) is 0 Å². The van der Waals surface area contributed by atoms with Gasteiger partial charge in [-0.25, -0.2) is 4.79 Å². The van der Waals surface area contributed by atoms with Crippen LogP contribution in [0.25, 0.3) is 27.8 Å². The summed E-state index contributed by atoms with van der Waals surface area (Å²) in [6, 6.07) is 8.06. The number of pyridine rings is 1. The number of furan rings is 1. The highest BCUT2D eigenvalue weighted by atomic mass is 28.4. The van der Waals surface area contributed by atoms with E-state index in [1.54, 1.807) is 19.3 Å². The Morgan fingerprint density at radius 3 is 2.75 bits per heavy atom. The third kappa shape index (κ3) is 3.98. The molecular formula is C25H30N2O4Si. The van der Waals surface area contributed by atoms with Gasteiger partial charge >= 0.3 is 5.97 Å². The summed E-state index contributed by atoms with van der Waals surface area (Å²) in [5, 5.41) is 0.959. The lowest BCUT2D eigenvalue weighted by Crippen LogP contribution is -2.44. The molecule has 0 amide bonds. The van der Waals surface area contributed by atoms with Crippen molar-refractivity contribution >= 4 is 31.0 Å². The first-order chi connectivity index (χ1) is 15.1. The predicted molar refractivity (Wildman–Crippen MR) is 129 cm³/mol. The largest absolute Gasteiger partial charge is 0.460 e. The molecule has 0 atom stereocenters. The highest BCUT2D eigenvalue weighted by molar-refractivity contribution is 6.74. The molecule has 7 heteroatoms. The summed E-state index contributed by atoms with van der Waals surface area (Å²) in [6.07, 6.45) is 6.26. The molecule has 0 bridgehead atoms. The summed E-state index contributed by atoms with van der Waals surface area (Å²) < 4.78 is 17.3. The topological polar surface area (TPSA) is 73.6 Å². The number of hydrogen-bond acceptors (Lipinski definition) is 6. The third-order valence-corrected chi connectivity index (χ3v) is 10.6. The Balaban J connectivity index is 1.66. The van der Waals surface area contributed by atoms with Crippen LogP contribution >= 0.6 is 0 Å². The van der Waals surface area contributed by atoms with Crippen molar-refractivity contribution in [3.63, 3.8) is 0 Å². The zero-order valence-corrected chi connectivity index (χ0v) is 20.5. The first-order valence-electron chi connectivity index (χ1n) is 10.9. The number of rotatable bonds is 6. The Morgan fingerprint density at radius 2 is 2.03 bits per heavy atom. The zero-order chi connectivity index (χ0) is 23.1. The van der Waals surface area contributed by atoms with Gasteiger partial charge in [-0.3, -0.25) is 10.5 Å². The van der Waals surface area contributed by atoms with E-state index in [1.165, 1.54) is 5.56 Å². The van der Waals surface area contributed by atoms with E-state index < -0.39 is 14.3 Å². The molecule has 4 rings (SSSR count).